The molecule has 1 unspecified atom stereocenters. The minimum Gasteiger partial charge on any atom is -0.308 e. The summed E-state index contributed by atoms with van der Waals surface area (Å²) < 4.78 is 25.6. The predicted molar refractivity (Wildman–Crippen MR) is 97.8 cm³/mol. The normalized spacial score (nSPS) is 21.6. The summed E-state index contributed by atoms with van der Waals surface area (Å²) in [5.74, 6) is 0.173. The van der Waals surface area contributed by atoms with Gasteiger partial charge in [0.05, 0.1) is 29.3 Å². The molecule has 2 heterocycles. The van der Waals surface area contributed by atoms with E-state index in [0.717, 1.165) is 18.5 Å². The van der Waals surface area contributed by atoms with Crippen molar-refractivity contribution in [2.75, 3.05) is 22.2 Å². The van der Waals surface area contributed by atoms with E-state index in [1.807, 2.05) is 30.3 Å². The Hall–Kier alpha value is -1.94. The van der Waals surface area contributed by atoms with Crippen molar-refractivity contribution in [1.29, 1.82) is 0 Å². The number of rotatable bonds is 6. The second kappa shape index (κ2) is 6.99. The number of para-hydroxylation sites is 1. The first kappa shape index (κ1) is 17.5. The lowest BCUT2D eigenvalue weighted by Gasteiger charge is -2.28. The van der Waals surface area contributed by atoms with Crippen LogP contribution in [0, 0.1) is 0 Å². The number of carbonyl (C=O) groups excluding carboxylic acids is 1. The molecule has 4 rings (SSSR count). The maximum Gasteiger partial charge on any atom is 0.237 e. The molecule has 1 aliphatic heterocycles. The zero-order valence-electron chi connectivity index (χ0n) is 14.1. The van der Waals surface area contributed by atoms with Gasteiger partial charge in [0.1, 0.15) is 0 Å². The monoisotopic (exact) mass is 393 g/mol. The summed E-state index contributed by atoms with van der Waals surface area (Å²) in [6.07, 6.45) is 2.58. The van der Waals surface area contributed by atoms with Crippen LogP contribution in [-0.2, 0) is 14.6 Å². The van der Waals surface area contributed by atoms with Crippen LogP contribution in [0.15, 0.2) is 35.5 Å². The molecule has 138 valence electrons. The molecule has 0 bridgehead atoms. The summed E-state index contributed by atoms with van der Waals surface area (Å²) in [5.41, 5.74) is 0.724. The highest BCUT2D eigenvalue weighted by atomic mass is 32.2. The van der Waals surface area contributed by atoms with E-state index in [2.05, 4.69) is 15.5 Å². The van der Waals surface area contributed by atoms with Crippen molar-refractivity contribution in [3.63, 3.8) is 0 Å². The molecule has 10 heteroatoms. The van der Waals surface area contributed by atoms with E-state index >= 15 is 0 Å². The minimum absolute atomic E-state index is 0.0120. The first-order valence-electron chi connectivity index (χ1n) is 8.52. The van der Waals surface area contributed by atoms with Gasteiger partial charge in [-0.2, -0.15) is 0 Å². The number of aromatic nitrogens is 4. The Kier molecular flexibility index (Phi) is 4.70. The Morgan fingerprint density at radius 1 is 1.23 bits per heavy atom. The zero-order chi connectivity index (χ0) is 18.1. The van der Waals surface area contributed by atoms with Crippen molar-refractivity contribution in [3.05, 3.63) is 30.3 Å². The van der Waals surface area contributed by atoms with Gasteiger partial charge in [-0.1, -0.05) is 30.0 Å². The lowest BCUT2D eigenvalue weighted by Crippen LogP contribution is -2.42. The molecule has 0 N–H and O–H groups in total. The van der Waals surface area contributed by atoms with E-state index < -0.39 is 9.84 Å². The van der Waals surface area contributed by atoms with Crippen LogP contribution in [0.2, 0.25) is 0 Å². The molecule has 1 aliphatic carbocycles. The van der Waals surface area contributed by atoms with E-state index in [1.54, 1.807) is 9.58 Å². The van der Waals surface area contributed by atoms with Gasteiger partial charge in [-0.25, -0.2) is 13.1 Å². The molecule has 1 aromatic heterocycles. The molecule has 26 heavy (non-hydrogen) atoms. The molecule has 0 spiro atoms. The third-order valence-electron chi connectivity index (χ3n) is 4.56. The molecule has 1 aromatic carbocycles. The number of amides is 1. The third kappa shape index (κ3) is 3.75. The first-order chi connectivity index (χ1) is 12.5. The van der Waals surface area contributed by atoms with Crippen molar-refractivity contribution in [3.8, 4) is 0 Å². The number of tetrazole rings is 1. The summed E-state index contributed by atoms with van der Waals surface area (Å²) in [6.45, 7) is 0. The third-order valence-corrected chi connectivity index (χ3v) is 7.23. The smallest absolute Gasteiger partial charge is 0.237 e. The number of nitrogens with zero attached hydrogens (tertiary/aromatic N) is 5. The summed E-state index contributed by atoms with van der Waals surface area (Å²) in [6, 6.07) is 9.25. The Bertz CT molecular complexity index is 896. The van der Waals surface area contributed by atoms with E-state index in [9.17, 15) is 13.2 Å². The quantitative estimate of drug-likeness (QED) is 0.683. The molecule has 2 fully saturated rings. The molecule has 1 atom stereocenters. The van der Waals surface area contributed by atoms with Crippen LogP contribution < -0.4 is 4.90 Å². The van der Waals surface area contributed by atoms with Crippen LogP contribution in [0.1, 0.15) is 25.3 Å². The van der Waals surface area contributed by atoms with Gasteiger partial charge in [0.15, 0.2) is 9.84 Å². The largest absolute Gasteiger partial charge is 0.308 e. The lowest BCUT2D eigenvalue weighted by molar-refractivity contribution is -0.116. The second-order valence-electron chi connectivity index (χ2n) is 6.58. The lowest BCUT2D eigenvalue weighted by atomic mass is 10.2. The average Bonchev–Trinajstić information content (AvgIpc) is 3.26. The SMILES string of the molecule is O=C(CSc1nnnn1C1CC1)N(c1ccccc1)C1CCS(=O)(=O)C1. The van der Waals surface area contributed by atoms with Crippen molar-refractivity contribution in [2.24, 2.45) is 0 Å². The topological polar surface area (TPSA) is 98.1 Å². The summed E-state index contributed by atoms with van der Waals surface area (Å²) in [5, 5.41) is 12.3. The Morgan fingerprint density at radius 2 is 2.00 bits per heavy atom. The van der Waals surface area contributed by atoms with Crippen LogP contribution in [0.4, 0.5) is 5.69 Å². The maximum absolute atomic E-state index is 13.0. The number of hydrogen-bond donors (Lipinski definition) is 0. The van der Waals surface area contributed by atoms with Crippen LogP contribution in [0.3, 0.4) is 0 Å². The number of hydrogen-bond acceptors (Lipinski definition) is 7. The molecule has 1 saturated carbocycles. The average molecular weight is 393 g/mol. The van der Waals surface area contributed by atoms with Crippen LogP contribution in [0.25, 0.3) is 0 Å². The fourth-order valence-electron chi connectivity index (χ4n) is 3.15. The fourth-order valence-corrected chi connectivity index (χ4v) is 5.65. The number of thioether (sulfide) groups is 1. The number of sulfone groups is 1. The molecule has 1 saturated heterocycles. The van der Waals surface area contributed by atoms with Gasteiger partial charge in [0, 0.05) is 5.69 Å². The molecular formula is C16H19N5O3S2. The van der Waals surface area contributed by atoms with Gasteiger partial charge in [0.25, 0.3) is 0 Å². The molecule has 2 aliphatic rings. The van der Waals surface area contributed by atoms with Crippen LogP contribution in [0.5, 0.6) is 0 Å². The Balaban J connectivity index is 1.51. The number of carbonyl (C=O) groups is 1. The minimum atomic E-state index is -3.09. The highest BCUT2D eigenvalue weighted by Gasteiger charge is 2.36. The standard InChI is InChI=1S/C16H19N5O3S2/c22-15(10-25-16-17-18-19-21(16)13-6-7-13)20(12-4-2-1-3-5-12)14-8-9-26(23,24)11-14/h1-5,13-14H,6-11H2. The molecule has 0 radical (unpaired) electrons. The van der Waals surface area contributed by atoms with Gasteiger partial charge >= 0.3 is 0 Å². The maximum atomic E-state index is 13.0. The predicted octanol–water partition coefficient (Wildman–Crippen LogP) is 1.32. The van der Waals surface area contributed by atoms with Crippen molar-refractivity contribution in [1.82, 2.24) is 20.2 Å². The summed E-state index contributed by atoms with van der Waals surface area (Å²) in [4.78, 5) is 14.6. The second-order valence-corrected chi connectivity index (χ2v) is 9.75. The zero-order valence-corrected chi connectivity index (χ0v) is 15.7. The number of benzene rings is 1. The van der Waals surface area contributed by atoms with Crippen LogP contribution in [-0.4, -0.2) is 57.8 Å². The van der Waals surface area contributed by atoms with Gasteiger partial charge in [-0.05, 0) is 41.8 Å². The van der Waals surface area contributed by atoms with Gasteiger partial charge in [-0.15, -0.1) is 5.10 Å². The van der Waals surface area contributed by atoms with Crippen LogP contribution >= 0.6 is 11.8 Å². The molecule has 2 aromatic rings. The molecular weight excluding hydrogens is 374 g/mol. The summed E-state index contributed by atoms with van der Waals surface area (Å²) >= 11 is 1.30. The fraction of sp³-hybridized carbons (Fsp3) is 0.500. The van der Waals surface area contributed by atoms with Gasteiger partial charge in [0.2, 0.25) is 11.1 Å². The number of anilines is 1. The van der Waals surface area contributed by atoms with E-state index in [4.69, 9.17) is 0 Å². The first-order valence-corrected chi connectivity index (χ1v) is 11.3. The van der Waals surface area contributed by atoms with E-state index in [1.165, 1.54) is 11.8 Å². The molecule has 1 amide bonds. The van der Waals surface area contributed by atoms with Gasteiger partial charge < -0.3 is 4.90 Å². The highest BCUT2D eigenvalue weighted by molar-refractivity contribution is 7.99. The summed E-state index contributed by atoms with van der Waals surface area (Å²) in [7, 11) is -3.09. The van der Waals surface area contributed by atoms with Crippen molar-refractivity contribution < 1.29 is 13.2 Å². The highest BCUT2D eigenvalue weighted by Crippen LogP contribution is 2.36. The molecule has 8 nitrogen and oxygen atoms in total. The van der Waals surface area contributed by atoms with Gasteiger partial charge in [-0.3, -0.25) is 4.79 Å². The van der Waals surface area contributed by atoms with Crippen molar-refractivity contribution in [2.45, 2.75) is 36.5 Å². The Labute approximate surface area is 155 Å². The van der Waals surface area contributed by atoms with E-state index in [-0.39, 0.29) is 29.2 Å². The Morgan fingerprint density at radius 3 is 2.65 bits per heavy atom. The van der Waals surface area contributed by atoms with E-state index in [0.29, 0.717) is 17.6 Å². The van der Waals surface area contributed by atoms with Crippen molar-refractivity contribution >= 4 is 33.2 Å².